The minimum atomic E-state index is 0.0767. The van der Waals surface area contributed by atoms with Gasteiger partial charge in [-0.2, -0.15) is 0 Å². The first kappa shape index (κ1) is 9.68. The summed E-state index contributed by atoms with van der Waals surface area (Å²) in [6, 6.07) is 0.230. The summed E-state index contributed by atoms with van der Waals surface area (Å²) in [7, 11) is 1.91. The Hall–Kier alpha value is -0.870. The summed E-state index contributed by atoms with van der Waals surface area (Å²) in [5.41, 5.74) is 0.943. The molecule has 0 bridgehead atoms. The average molecular weight is 196 g/mol. The predicted octanol–water partition coefficient (Wildman–Crippen LogP) is 1.81. The molecule has 1 saturated heterocycles. The lowest BCUT2D eigenvalue weighted by Crippen LogP contribution is -2.12. The number of ether oxygens (including phenoxy) is 1. The van der Waals surface area contributed by atoms with Crippen molar-refractivity contribution >= 4 is 0 Å². The molecule has 1 aliphatic rings. The van der Waals surface area contributed by atoms with Crippen LogP contribution in [0, 0.1) is 0 Å². The molecule has 1 fully saturated rings. The van der Waals surface area contributed by atoms with E-state index in [2.05, 4.69) is 17.2 Å². The molecule has 1 aromatic rings. The molecular weight excluding hydrogens is 180 g/mol. The highest BCUT2D eigenvalue weighted by Gasteiger charge is 2.23. The predicted molar refractivity (Wildman–Crippen MR) is 51.9 cm³/mol. The Labute approximate surface area is 83.7 Å². The van der Waals surface area contributed by atoms with Crippen molar-refractivity contribution in [2.45, 2.75) is 31.9 Å². The molecule has 1 N–H and O–H groups in total. The molecule has 78 valence electrons. The second-order valence-corrected chi connectivity index (χ2v) is 3.62. The third kappa shape index (κ3) is 1.81. The van der Waals surface area contributed by atoms with Crippen molar-refractivity contribution in [1.29, 1.82) is 0 Å². The van der Waals surface area contributed by atoms with E-state index in [-0.39, 0.29) is 12.1 Å². The summed E-state index contributed by atoms with van der Waals surface area (Å²) in [5, 5.41) is 3.12. The molecule has 2 atom stereocenters. The fourth-order valence-corrected chi connectivity index (χ4v) is 1.57. The lowest BCUT2D eigenvalue weighted by atomic mass is 10.2. The van der Waals surface area contributed by atoms with Gasteiger partial charge in [0, 0.05) is 12.6 Å². The normalized spacial score (nSPS) is 24.0. The fraction of sp³-hybridized carbons (Fsp3) is 0.700. The number of nitrogens with zero attached hydrogens (tertiary/aromatic N) is 1. The Morgan fingerprint density at radius 1 is 1.64 bits per heavy atom. The summed E-state index contributed by atoms with van der Waals surface area (Å²) in [6.45, 7) is 2.88. The van der Waals surface area contributed by atoms with Crippen LogP contribution in [0.4, 0.5) is 0 Å². The van der Waals surface area contributed by atoms with Gasteiger partial charge in [-0.1, -0.05) is 0 Å². The van der Waals surface area contributed by atoms with Crippen LogP contribution in [0.2, 0.25) is 0 Å². The first-order valence-electron chi connectivity index (χ1n) is 5.05. The maximum Gasteiger partial charge on any atom is 0.223 e. The fourth-order valence-electron chi connectivity index (χ4n) is 1.57. The number of aromatic nitrogens is 1. The van der Waals surface area contributed by atoms with Crippen LogP contribution in [0.1, 0.15) is 43.5 Å². The van der Waals surface area contributed by atoms with E-state index < -0.39 is 0 Å². The molecule has 14 heavy (non-hydrogen) atoms. The smallest absolute Gasteiger partial charge is 0.223 e. The maximum absolute atomic E-state index is 5.49. The monoisotopic (exact) mass is 196 g/mol. The van der Waals surface area contributed by atoms with Crippen LogP contribution in [-0.4, -0.2) is 18.6 Å². The van der Waals surface area contributed by atoms with Gasteiger partial charge >= 0.3 is 0 Å². The van der Waals surface area contributed by atoms with Crippen LogP contribution < -0.4 is 5.32 Å². The van der Waals surface area contributed by atoms with Gasteiger partial charge in [0.2, 0.25) is 5.89 Å². The minimum absolute atomic E-state index is 0.0767. The summed E-state index contributed by atoms with van der Waals surface area (Å²) in [4.78, 5) is 4.41. The van der Waals surface area contributed by atoms with Gasteiger partial charge < -0.3 is 14.5 Å². The number of hydrogen-bond donors (Lipinski definition) is 1. The number of rotatable bonds is 3. The molecule has 0 aliphatic carbocycles. The molecule has 0 amide bonds. The van der Waals surface area contributed by atoms with Crippen molar-refractivity contribution in [3.63, 3.8) is 0 Å². The van der Waals surface area contributed by atoms with Gasteiger partial charge in [0.25, 0.3) is 0 Å². The Morgan fingerprint density at radius 2 is 2.50 bits per heavy atom. The summed E-state index contributed by atoms with van der Waals surface area (Å²) in [6.07, 6.45) is 3.91. The Morgan fingerprint density at radius 3 is 3.14 bits per heavy atom. The molecule has 4 heteroatoms. The van der Waals surface area contributed by atoms with Crippen LogP contribution in [0.5, 0.6) is 0 Å². The highest BCUT2D eigenvalue weighted by Crippen LogP contribution is 2.28. The SMILES string of the molecule is CNC(C)c1coc(C2CCCO2)n1. The number of oxazole rings is 1. The zero-order valence-electron chi connectivity index (χ0n) is 8.62. The van der Waals surface area contributed by atoms with Gasteiger partial charge in [-0.05, 0) is 26.8 Å². The summed E-state index contributed by atoms with van der Waals surface area (Å²) in [5.74, 6) is 0.722. The highest BCUT2D eigenvalue weighted by molar-refractivity contribution is 5.03. The Bertz CT molecular complexity index is 292. The van der Waals surface area contributed by atoms with Gasteiger partial charge in [0.05, 0.1) is 5.69 Å². The molecular formula is C10H16N2O2. The zero-order chi connectivity index (χ0) is 9.97. The number of hydrogen-bond acceptors (Lipinski definition) is 4. The van der Waals surface area contributed by atoms with Crippen LogP contribution in [-0.2, 0) is 4.74 Å². The van der Waals surface area contributed by atoms with Crippen LogP contribution in [0.25, 0.3) is 0 Å². The molecule has 0 saturated carbocycles. The van der Waals surface area contributed by atoms with E-state index in [1.807, 2.05) is 7.05 Å². The highest BCUT2D eigenvalue weighted by atomic mass is 16.5. The average Bonchev–Trinajstić information content (AvgIpc) is 2.86. The van der Waals surface area contributed by atoms with Crippen LogP contribution >= 0.6 is 0 Å². The molecule has 1 aliphatic heterocycles. The second kappa shape index (κ2) is 4.11. The first-order chi connectivity index (χ1) is 6.81. The van der Waals surface area contributed by atoms with Crippen LogP contribution in [0.15, 0.2) is 10.7 Å². The van der Waals surface area contributed by atoms with E-state index in [0.717, 1.165) is 31.0 Å². The molecule has 0 aromatic carbocycles. The molecule has 2 heterocycles. The van der Waals surface area contributed by atoms with Crippen molar-refractivity contribution in [2.24, 2.45) is 0 Å². The topological polar surface area (TPSA) is 47.3 Å². The molecule has 1 aromatic heterocycles. The maximum atomic E-state index is 5.49. The van der Waals surface area contributed by atoms with E-state index in [1.54, 1.807) is 6.26 Å². The van der Waals surface area contributed by atoms with Crippen LogP contribution in [0.3, 0.4) is 0 Å². The van der Waals surface area contributed by atoms with Crippen molar-refractivity contribution in [2.75, 3.05) is 13.7 Å². The number of nitrogens with one attached hydrogen (secondary N) is 1. The Kier molecular flexibility index (Phi) is 2.84. The van der Waals surface area contributed by atoms with Gasteiger partial charge in [-0.3, -0.25) is 0 Å². The minimum Gasteiger partial charge on any atom is -0.446 e. The molecule has 2 unspecified atom stereocenters. The lowest BCUT2D eigenvalue weighted by molar-refractivity contribution is 0.0892. The third-order valence-corrected chi connectivity index (χ3v) is 2.62. The van der Waals surface area contributed by atoms with E-state index in [4.69, 9.17) is 9.15 Å². The molecule has 2 rings (SSSR count). The van der Waals surface area contributed by atoms with Crippen molar-refractivity contribution < 1.29 is 9.15 Å². The van der Waals surface area contributed by atoms with Crippen molar-refractivity contribution in [3.05, 3.63) is 17.8 Å². The summed E-state index contributed by atoms with van der Waals surface area (Å²) < 4.78 is 10.9. The quantitative estimate of drug-likeness (QED) is 0.800. The van der Waals surface area contributed by atoms with Crippen molar-refractivity contribution in [3.8, 4) is 0 Å². The van der Waals surface area contributed by atoms with E-state index in [0.29, 0.717) is 0 Å². The third-order valence-electron chi connectivity index (χ3n) is 2.62. The van der Waals surface area contributed by atoms with E-state index >= 15 is 0 Å². The second-order valence-electron chi connectivity index (χ2n) is 3.62. The largest absolute Gasteiger partial charge is 0.446 e. The molecule has 4 nitrogen and oxygen atoms in total. The summed E-state index contributed by atoms with van der Waals surface area (Å²) >= 11 is 0. The van der Waals surface area contributed by atoms with Gasteiger partial charge in [-0.15, -0.1) is 0 Å². The zero-order valence-corrected chi connectivity index (χ0v) is 8.62. The Balaban J connectivity index is 2.08. The van der Waals surface area contributed by atoms with Gasteiger partial charge in [0.15, 0.2) is 0 Å². The first-order valence-corrected chi connectivity index (χ1v) is 5.05. The standard InChI is InChI=1S/C10H16N2O2/c1-7(11-2)8-6-14-10(12-8)9-4-3-5-13-9/h6-7,9,11H,3-5H2,1-2H3. The van der Waals surface area contributed by atoms with Gasteiger partial charge in [-0.25, -0.2) is 4.98 Å². The van der Waals surface area contributed by atoms with E-state index in [9.17, 15) is 0 Å². The van der Waals surface area contributed by atoms with Crippen molar-refractivity contribution in [1.82, 2.24) is 10.3 Å². The molecule has 0 radical (unpaired) electrons. The van der Waals surface area contributed by atoms with E-state index in [1.165, 1.54) is 0 Å². The lowest BCUT2D eigenvalue weighted by Gasteiger charge is -2.05. The molecule has 0 spiro atoms. The van der Waals surface area contributed by atoms with Gasteiger partial charge in [0.1, 0.15) is 12.4 Å².